The molecule has 0 fully saturated rings. The predicted molar refractivity (Wildman–Crippen MR) is 88.0 cm³/mol. The maximum Gasteiger partial charge on any atom is 0.336 e. The quantitative estimate of drug-likeness (QED) is 0.784. The first-order valence-corrected chi connectivity index (χ1v) is 8.57. The van der Waals surface area contributed by atoms with E-state index in [1.807, 2.05) is 13.8 Å². The van der Waals surface area contributed by atoms with Crippen LogP contribution in [0.1, 0.15) is 31.8 Å². The fourth-order valence-electron chi connectivity index (χ4n) is 1.87. The van der Waals surface area contributed by atoms with Gasteiger partial charge in [0, 0.05) is 9.79 Å². The molecular weight excluding hydrogens is 320 g/mol. The molecule has 4 nitrogen and oxygen atoms in total. The number of hydrogen-bond acceptors (Lipinski definition) is 4. The van der Waals surface area contributed by atoms with E-state index in [4.69, 9.17) is 0 Å². The fourth-order valence-corrected chi connectivity index (χ4v) is 4.55. The van der Waals surface area contributed by atoms with Crippen LogP contribution in [0.25, 0.3) is 0 Å². The molecule has 0 spiro atoms. The molecule has 0 aliphatic rings. The second kappa shape index (κ2) is 6.89. The van der Waals surface area contributed by atoms with Gasteiger partial charge in [0.25, 0.3) is 0 Å². The Balaban J connectivity index is 2.35. The molecule has 0 saturated heterocycles. The Labute approximate surface area is 136 Å². The molecule has 114 valence electrons. The SMILES string of the molecule is Cc1ccc(C(=O)O)c(SSc2ccccc2C(=O)O)c1C. The van der Waals surface area contributed by atoms with E-state index in [0.717, 1.165) is 11.1 Å². The molecule has 2 aromatic carbocycles. The highest BCUT2D eigenvalue weighted by Crippen LogP contribution is 2.42. The van der Waals surface area contributed by atoms with Crippen molar-refractivity contribution >= 4 is 33.5 Å². The van der Waals surface area contributed by atoms with Gasteiger partial charge in [0.15, 0.2) is 0 Å². The zero-order valence-corrected chi connectivity index (χ0v) is 13.6. The molecule has 2 aromatic rings. The van der Waals surface area contributed by atoms with Gasteiger partial charge < -0.3 is 10.2 Å². The number of carboxylic acids is 2. The van der Waals surface area contributed by atoms with Crippen molar-refractivity contribution in [1.82, 2.24) is 0 Å². The van der Waals surface area contributed by atoms with E-state index >= 15 is 0 Å². The van der Waals surface area contributed by atoms with Gasteiger partial charge >= 0.3 is 11.9 Å². The summed E-state index contributed by atoms with van der Waals surface area (Å²) in [7, 11) is 2.53. The van der Waals surface area contributed by atoms with Gasteiger partial charge in [0.05, 0.1) is 11.1 Å². The van der Waals surface area contributed by atoms with Gasteiger partial charge in [0.1, 0.15) is 0 Å². The molecule has 0 heterocycles. The lowest BCUT2D eigenvalue weighted by Gasteiger charge is -2.12. The maximum absolute atomic E-state index is 11.4. The van der Waals surface area contributed by atoms with Crippen LogP contribution in [0.3, 0.4) is 0 Å². The van der Waals surface area contributed by atoms with E-state index in [0.29, 0.717) is 9.79 Å². The normalized spacial score (nSPS) is 10.5. The summed E-state index contributed by atoms with van der Waals surface area (Å²) < 4.78 is 0. The standard InChI is InChI=1S/C16H14O4S2/c1-9-7-8-12(16(19)20)14(10(9)2)22-21-13-6-4-3-5-11(13)15(17)18/h3-8H,1-2H3,(H,17,18)(H,19,20). The number of aryl methyl sites for hydroxylation is 1. The zero-order valence-electron chi connectivity index (χ0n) is 12.0. The minimum atomic E-state index is -0.997. The van der Waals surface area contributed by atoms with Crippen LogP contribution in [0, 0.1) is 13.8 Å². The molecule has 0 saturated carbocycles. The summed E-state index contributed by atoms with van der Waals surface area (Å²) in [5.74, 6) is -1.99. The predicted octanol–water partition coefficient (Wildman–Crippen LogP) is 4.50. The summed E-state index contributed by atoms with van der Waals surface area (Å²) in [5, 5.41) is 18.5. The molecule has 0 aliphatic carbocycles. The molecule has 6 heteroatoms. The minimum Gasteiger partial charge on any atom is -0.478 e. The summed E-state index contributed by atoms with van der Waals surface area (Å²) in [6.07, 6.45) is 0. The third kappa shape index (κ3) is 3.45. The van der Waals surface area contributed by atoms with Crippen LogP contribution < -0.4 is 0 Å². The third-order valence-electron chi connectivity index (χ3n) is 3.24. The van der Waals surface area contributed by atoms with Crippen LogP contribution in [0.2, 0.25) is 0 Å². The number of hydrogen-bond donors (Lipinski definition) is 2. The van der Waals surface area contributed by atoms with E-state index in [9.17, 15) is 19.8 Å². The Morgan fingerprint density at radius 1 is 0.864 bits per heavy atom. The van der Waals surface area contributed by atoms with Crippen molar-refractivity contribution in [2.45, 2.75) is 23.6 Å². The monoisotopic (exact) mass is 334 g/mol. The van der Waals surface area contributed by atoms with Crippen LogP contribution in [-0.4, -0.2) is 22.2 Å². The lowest BCUT2D eigenvalue weighted by atomic mass is 10.1. The van der Waals surface area contributed by atoms with E-state index in [1.54, 1.807) is 30.3 Å². The van der Waals surface area contributed by atoms with E-state index in [-0.39, 0.29) is 11.1 Å². The number of carbonyl (C=O) groups is 2. The highest BCUT2D eigenvalue weighted by Gasteiger charge is 2.17. The zero-order chi connectivity index (χ0) is 16.3. The summed E-state index contributed by atoms with van der Waals surface area (Å²) in [6.45, 7) is 3.79. The van der Waals surface area contributed by atoms with Crippen molar-refractivity contribution < 1.29 is 19.8 Å². The Hall–Kier alpha value is -1.92. The molecule has 0 amide bonds. The van der Waals surface area contributed by atoms with Crippen molar-refractivity contribution in [3.8, 4) is 0 Å². The van der Waals surface area contributed by atoms with Gasteiger partial charge in [-0.1, -0.05) is 39.8 Å². The summed E-state index contributed by atoms with van der Waals surface area (Å²) in [6, 6.07) is 10.0. The van der Waals surface area contributed by atoms with Crippen molar-refractivity contribution in [2.75, 3.05) is 0 Å². The van der Waals surface area contributed by atoms with Gasteiger partial charge in [-0.25, -0.2) is 9.59 Å². The minimum absolute atomic E-state index is 0.210. The highest BCUT2D eigenvalue weighted by molar-refractivity contribution is 8.76. The average molecular weight is 334 g/mol. The second-order valence-corrected chi connectivity index (χ2v) is 6.84. The third-order valence-corrected chi connectivity index (χ3v) is 5.84. The number of rotatable bonds is 5. The largest absolute Gasteiger partial charge is 0.478 e. The molecule has 0 atom stereocenters. The van der Waals surface area contributed by atoms with E-state index < -0.39 is 11.9 Å². The van der Waals surface area contributed by atoms with Crippen LogP contribution in [0.5, 0.6) is 0 Å². The Morgan fingerprint density at radius 2 is 1.50 bits per heavy atom. The molecule has 0 unspecified atom stereocenters. The maximum atomic E-state index is 11.4. The topological polar surface area (TPSA) is 74.6 Å². The van der Waals surface area contributed by atoms with Gasteiger partial charge in [0.2, 0.25) is 0 Å². The molecule has 0 aromatic heterocycles. The van der Waals surface area contributed by atoms with Crippen LogP contribution in [-0.2, 0) is 0 Å². The lowest BCUT2D eigenvalue weighted by molar-refractivity contribution is 0.0682. The molecule has 2 N–H and O–H groups in total. The summed E-state index contributed by atoms with van der Waals surface area (Å²) in [5.41, 5.74) is 2.33. The first-order valence-electron chi connectivity index (χ1n) is 6.42. The lowest BCUT2D eigenvalue weighted by Crippen LogP contribution is -2.01. The molecule has 2 rings (SSSR count). The average Bonchev–Trinajstić information content (AvgIpc) is 2.48. The Morgan fingerprint density at radius 3 is 2.14 bits per heavy atom. The van der Waals surface area contributed by atoms with Gasteiger partial charge in [-0.2, -0.15) is 0 Å². The molecular formula is C16H14O4S2. The van der Waals surface area contributed by atoms with E-state index in [1.165, 1.54) is 27.7 Å². The molecule has 0 bridgehead atoms. The van der Waals surface area contributed by atoms with Crippen molar-refractivity contribution in [2.24, 2.45) is 0 Å². The fraction of sp³-hybridized carbons (Fsp3) is 0.125. The Kier molecular flexibility index (Phi) is 5.15. The van der Waals surface area contributed by atoms with Crippen molar-refractivity contribution in [1.29, 1.82) is 0 Å². The van der Waals surface area contributed by atoms with Crippen molar-refractivity contribution in [3.63, 3.8) is 0 Å². The Bertz CT molecular complexity index is 741. The summed E-state index contributed by atoms with van der Waals surface area (Å²) in [4.78, 5) is 23.8. The van der Waals surface area contributed by atoms with Gasteiger partial charge in [-0.05, 0) is 43.2 Å². The summed E-state index contributed by atoms with van der Waals surface area (Å²) >= 11 is 0. The first kappa shape index (κ1) is 16.5. The molecule has 22 heavy (non-hydrogen) atoms. The first-order chi connectivity index (χ1) is 10.4. The number of aromatic carboxylic acids is 2. The van der Waals surface area contributed by atoms with Gasteiger partial charge in [-0.3, -0.25) is 0 Å². The van der Waals surface area contributed by atoms with E-state index in [2.05, 4.69) is 0 Å². The molecule has 0 aliphatic heterocycles. The molecule has 0 radical (unpaired) electrons. The van der Waals surface area contributed by atoms with Crippen LogP contribution in [0.4, 0.5) is 0 Å². The van der Waals surface area contributed by atoms with Crippen LogP contribution >= 0.6 is 21.6 Å². The number of benzene rings is 2. The number of carboxylic acid groups (broad SMARTS) is 2. The van der Waals surface area contributed by atoms with Crippen molar-refractivity contribution in [3.05, 3.63) is 58.7 Å². The van der Waals surface area contributed by atoms with Gasteiger partial charge in [-0.15, -0.1) is 0 Å². The highest BCUT2D eigenvalue weighted by atomic mass is 33.1. The second-order valence-electron chi connectivity index (χ2n) is 4.66. The smallest absolute Gasteiger partial charge is 0.336 e. The van der Waals surface area contributed by atoms with Crippen LogP contribution in [0.15, 0.2) is 46.2 Å².